The van der Waals surface area contributed by atoms with Gasteiger partial charge in [-0.15, -0.1) is 6.58 Å². The van der Waals surface area contributed by atoms with Crippen molar-refractivity contribution in [2.75, 3.05) is 6.54 Å². The topological polar surface area (TPSA) is 20.3 Å². The zero-order valence-corrected chi connectivity index (χ0v) is 8.74. The molecule has 0 radical (unpaired) electrons. The molecule has 0 aromatic rings. The average Bonchev–Trinajstić information content (AvgIpc) is 2.23. The first kappa shape index (κ1) is 9.75. The molecule has 2 aliphatic rings. The molecule has 2 heteroatoms. The Morgan fingerprint density at radius 1 is 1.36 bits per heavy atom. The zero-order chi connectivity index (χ0) is 9.97. The molecule has 0 aromatic heterocycles. The summed E-state index contributed by atoms with van der Waals surface area (Å²) in [5.74, 6) is 0.628. The van der Waals surface area contributed by atoms with Crippen molar-refractivity contribution >= 4 is 5.91 Å². The minimum atomic E-state index is 0.238. The number of carbonyl (C=O) groups excluding carboxylic acids is 1. The van der Waals surface area contributed by atoms with Crippen LogP contribution in [0.3, 0.4) is 0 Å². The first-order valence-electron chi connectivity index (χ1n) is 5.74. The second kappa shape index (κ2) is 4.16. The van der Waals surface area contributed by atoms with E-state index in [9.17, 15) is 4.79 Å². The van der Waals surface area contributed by atoms with Crippen LogP contribution < -0.4 is 0 Å². The number of rotatable bonds is 2. The molecule has 2 aliphatic heterocycles. The van der Waals surface area contributed by atoms with Gasteiger partial charge in [0.2, 0.25) is 5.91 Å². The van der Waals surface area contributed by atoms with Crippen molar-refractivity contribution in [1.29, 1.82) is 0 Å². The molecule has 2 fully saturated rings. The third kappa shape index (κ3) is 1.70. The monoisotopic (exact) mass is 193 g/mol. The molecule has 14 heavy (non-hydrogen) atoms. The highest BCUT2D eigenvalue weighted by atomic mass is 16.2. The molecule has 2 saturated heterocycles. The molecule has 2 atom stereocenters. The molecule has 0 spiro atoms. The number of hydrogen-bond acceptors (Lipinski definition) is 1. The minimum absolute atomic E-state index is 0.238. The van der Waals surface area contributed by atoms with Crippen molar-refractivity contribution < 1.29 is 4.79 Å². The second-order valence-corrected chi connectivity index (χ2v) is 4.48. The van der Waals surface area contributed by atoms with Gasteiger partial charge in [0.1, 0.15) is 0 Å². The maximum atomic E-state index is 12.0. The molecule has 2 rings (SSSR count). The predicted molar refractivity (Wildman–Crippen MR) is 56.9 cm³/mol. The largest absolute Gasteiger partial charge is 0.339 e. The van der Waals surface area contributed by atoms with E-state index >= 15 is 0 Å². The summed E-state index contributed by atoms with van der Waals surface area (Å²) < 4.78 is 0. The maximum Gasteiger partial charge on any atom is 0.226 e. The second-order valence-electron chi connectivity index (χ2n) is 4.48. The highest BCUT2D eigenvalue weighted by Gasteiger charge is 2.35. The molecule has 0 aromatic carbocycles. The Hall–Kier alpha value is -0.790. The predicted octanol–water partition coefficient (Wildman–Crippen LogP) is 2.35. The summed E-state index contributed by atoms with van der Waals surface area (Å²) in [5.41, 5.74) is 0. The number of amides is 1. The van der Waals surface area contributed by atoms with Gasteiger partial charge in [0.15, 0.2) is 0 Å². The van der Waals surface area contributed by atoms with Gasteiger partial charge in [0.05, 0.1) is 0 Å². The van der Waals surface area contributed by atoms with Crippen LogP contribution in [0.15, 0.2) is 12.7 Å². The first-order valence-corrected chi connectivity index (χ1v) is 5.74. The van der Waals surface area contributed by atoms with E-state index in [4.69, 9.17) is 0 Å². The Bertz CT molecular complexity index is 236. The lowest BCUT2D eigenvalue weighted by Crippen LogP contribution is -2.50. The van der Waals surface area contributed by atoms with Crippen molar-refractivity contribution in [2.45, 2.75) is 44.6 Å². The average molecular weight is 193 g/mol. The third-order valence-corrected chi connectivity index (χ3v) is 3.56. The normalized spacial score (nSPS) is 32.6. The van der Waals surface area contributed by atoms with Crippen molar-refractivity contribution in [3.8, 4) is 0 Å². The number of allylic oxidation sites excluding steroid dienone is 1. The minimum Gasteiger partial charge on any atom is -0.339 e. The van der Waals surface area contributed by atoms with Crippen molar-refractivity contribution in [2.24, 2.45) is 5.92 Å². The lowest BCUT2D eigenvalue weighted by Gasteiger charge is -2.42. The van der Waals surface area contributed by atoms with Crippen molar-refractivity contribution in [1.82, 2.24) is 4.90 Å². The third-order valence-electron chi connectivity index (χ3n) is 3.56. The molecule has 2 nitrogen and oxygen atoms in total. The number of fused-ring (bicyclic) bond motifs is 1. The Morgan fingerprint density at radius 2 is 2.21 bits per heavy atom. The van der Waals surface area contributed by atoms with Crippen molar-refractivity contribution in [3.63, 3.8) is 0 Å². The summed E-state index contributed by atoms with van der Waals surface area (Å²) >= 11 is 0. The summed E-state index contributed by atoms with van der Waals surface area (Å²) in [7, 11) is 0. The van der Waals surface area contributed by atoms with E-state index in [1.807, 2.05) is 6.08 Å². The van der Waals surface area contributed by atoms with E-state index in [-0.39, 0.29) is 5.92 Å². The molecule has 0 aliphatic carbocycles. The van der Waals surface area contributed by atoms with Gasteiger partial charge >= 0.3 is 0 Å². The van der Waals surface area contributed by atoms with Gasteiger partial charge in [-0.25, -0.2) is 0 Å². The molecule has 0 saturated carbocycles. The molecule has 78 valence electrons. The maximum absolute atomic E-state index is 12.0. The Labute approximate surface area is 86.0 Å². The van der Waals surface area contributed by atoms with Crippen LogP contribution >= 0.6 is 0 Å². The first-order chi connectivity index (χ1) is 6.83. The molecule has 1 amide bonds. The van der Waals surface area contributed by atoms with E-state index in [0.717, 1.165) is 19.4 Å². The van der Waals surface area contributed by atoms with Gasteiger partial charge in [0.25, 0.3) is 0 Å². The summed E-state index contributed by atoms with van der Waals surface area (Å²) in [6, 6.07) is 0.567. The quantitative estimate of drug-likeness (QED) is 0.616. The molecular weight excluding hydrogens is 174 g/mol. The van der Waals surface area contributed by atoms with Gasteiger partial charge in [0, 0.05) is 18.5 Å². The van der Waals surface area contributed by atoms with Gasteiger partial charge < -0.3 is 4.90 Å². The van der Waals surface area contributed by atoms with E-state index in [1.54, 1.807) is 0 Å². The number of nitrogens with zero attached hydrogens (tertiary/aromatic N) is 1. The van der Waals surface area contributed by atoms with E-state index in [1.165, 1.54) is 25.7 Å². The standard InChI is InChI=1S/C12H19NO/c1-2-5-10-7-8-11-6-3-4-9-13(11)12(10)14/h2,10-11H,1,3-9H2/t10-,11+/m1/s1. The number of piperidine rings is 2. The van der Waals surface area contributed by atoms with E-state index in [2.05, 4.69) is 11.5 Å². The van der Waals surface area contributed by atoms with Crippen LogP contribution in [0.5, 0.6) is 0 Å². The Morgan fingerprint density at radius 3 is 3.00 bits per heavy atom. The molecule has 0 unspecified atom stereocenters. The lowest BCUT2D eigenvalue weighted by atomic mass is 9.85. The molecule has 0 N–H and O–H groups in total. The van der Waals surface area contributed by atoms with E-state index < -0.39 is 0 Å². The highest BCUT2D eigenvalue weighted by molar-refractivity contribution is 5.80. The Balaban J connectivity index is 2.03. The fourth-order valence-corrected chi connectivity index (χ4v) is 2.76. The number of hydrogen-bond donors (Lipinski definition) is 0. The SMILES string of the molecule is C=CC[C@@H]1CC[C@@H]2CCCCN2C1=O. The lowest BCUT2D eigenvalue weighted by molar-refractivity contribution is -0.143. The highest BCUT2D eigenvalue weighted by Crippen LogP contribution is 2.31. The Kier molecular flexibility index (Phi) is 2.90. The van der Waals surface area contributed by atoms with Gasteiger partial charge in [-0.1, -0.05) is 6.08 Å². The fourth-order valence-electron chi connectivity index (χ4n) is 2.76. The summed E-state index contributed by atoms with van der Waals surface area (Å²) in [6.45, 7) is 4.72. The summed E-state index contributed by atoms with van der Waals surface area (Å²) in [4.78, 5) is 14.2. The molecule has 2 heterocycles. The fraction of sp³-hybridized carbons (Fsp3) is 0.750. The van der Waals surface area contributed by atoms with Crippen LogP contribution in [0.4, 0.5) is 0 Å². The zero-order valence-electron chi connectivity index (χ0n) is 8.74. The van der Waals surface area contributed by atoms with Crippen molar-refractivity contribution in [3.05, 3.63) is 12.7 Å². The molecule has 0 bridgehead atoms. The van der Waals surface area contributed by atoms with Gasteiger partial charge in [-0.05, 0) is 38.5 Å². The van der Waals surface area contributed by atoms with Crippen LogP contribution in [-0.2, 0) is 4.79 Å². The summed E-state index contributed by atoms with van der Waals surface area (Å²) in [6.07, 6.45) is 8.77. The van der Waals surface area contributed by atoms with Crippen LogP contribution in [0.25, 0.3) is 0 Å². The summed E-state index contributed by atoms with van der Waals surface area (Å²) in [5, 5.41) is 0. The van der Waals surface area contributed by atoms with Crippen LogP contribution in [0.2, 0.25) is 0 Å². The van der Waals surface area contributed by atoms with Gasteiger partial charge in [-0.2, -0.15) is 0 Å². The number of carbonyl (C=O) groups is 1. The van der Waals surface area contributed by atoms with Crippen LogP contribution in [-0.4, -0.2) is 23.4 Å². The molecular formula is C12H19NO. The van der Waals surface area contributed by atoms with Crippen LogP contribution in [0.1, 0.15) is 38.5 Å². The van der Waals surface area contributed by atoms with Gasteiger partial charge in [-0.3, -0.25) is 4.79 Å². The van der Waals surface area contributed by atoms with Crippen LogP contribution in [0, 0.1) is 5.92 Å². The smallest absolute Gasteiger partial charge is 0.226 e. The van der Waals surface area contributed by atoms with E-state index in [0.29, 0.717) is 11.9 Å².